The monoisotopic (exact) mass is 2140 g/mol. The zero-order valence-electron chi connectivity index (χ0n) is 82.8. The Morgan fingerprint density at radius 3 is 1.23 bits per heavy atom. The molecule has 0 radical (unpaired) electrons. The number of carboxylic acid groups (broad SMARTS) is 4. The number of primary amides is 2. The number of thioether (sulfide) groups is 3. The molecule has 0 aromatic heterocycles. The van der Waals surface area contributed by atoms with Crippen LogP contribution in [0.3, 0.4) is 0 Å². The maximum absolute atomic E-state index is 15.4. The van der Waals surface area contributed by atoms with Crippen LogP contribution in [0.1, 0.15) is 103 Å². The molecule has 0 saturated carbocycles. The standard InChI is InChI=1S/C95H130N20O31S3/c1-51(96)81(130)110-69-46-148-49-73(119)114-29-35-144-33-27-113-28-34-145-37-31-115(32-38-146-36-30-114)74(120)50-149-47-70(111-83(132)53(3)99-86(135)64(41-57-17-12-16-56-15-10-11-18-59(56)57)106-84(133)60(23-25-75(121)122)101-89(138)65(42-71(97)117)103-82(131)52(2)100-92(69)141)93(142)102-61(24-26-76(123)124)85(134)107-66(43-77(125)126)90(139)105-62(39-54-13-8-7-9-14-54)87(136)104-63(40-55-19-21-58(116)22-20-55)88(137)108-67(44-78(127)128)91(140)112-79(95(4,5)6)94(143)109-68(80(98)129)45-147-48-72(113)118/h7-22,51-53,60-70,79,116H,23-50,96H2,1-6H3,(H2,97,117)(H2,98,129)(H,99,135)(H,100,141)(H,101,138)(H,102,142)(H,103,131)(H,104,136)(H,105,139)(H,106,133)(H,107,134)(H,108,137)(H,109,143)(H,110,130)(H,111,132)(H,112,140)(H,121,122)(H,123,124)(H,125,126)(H,127,128)/t51-,52+,53+,60-,61-,62-,63-,64-,65-,66-,67?,68-,69-,70+,79+/m0/s1. The fraction of sp³-hybridized carbons (Fsp3) is 0.526. The Bertz CT molecular complexity index is 5430. The molecule has 1 unspecified atom stereocenters. The topological polar surface area (TPSA) is 778 Å². The Morgan fingerprint density at radius 2 is 0.779 bits per heavy atom. The van der Waals surface area contributed by atoms with E-state index >= 15 is 24.0 Å². The van der Waals surface area contributed by atoms with Gasteiger partial charge in [0, 0.05) is 88.6 Å². The van der Waals surface area contributed by atoms with Gasteiger partial charge >= 0.3 is 23.9 Å². The minimum absolute atomic E-state index is 0.176. The summed E-state index contributed by atoms with van der Waals surface area (Å²) in [6.07, 6.45) is -8.57. The number of benzene rings is 4. The van der Waals surface area contributed by atoms with E-state index in [9.17, 15) is 112 Å². The van der Waals surface area contributed by atoms with E-state index in [1.165, 1.54) is 90.9 Å². The summed E-state index contributed by atoms with van der Waals surface area (Å²) in [5.41, 5.74) is 16.9. The first kappa shape index (κ1) is 122. The minimum atomic E-state index is -2.29. The van der Waals surface area contributed by atoms with Crippen molar-refractivity contribution in [1.82, 2.24) is 89.1 Å². The highest BCUT2D eigenvalue weighted by molar-refractivity contribution is 8.00. The number of carboxylic acids is 4. The molecule has 4 bridgehead atoms. The Labute approximate surface area is 868 Å². The third-order valence-electron chi connectivity index (χ3n) is 23.4. The van der Waals surface area contributed by atoms with Crippen molar-refractivity contribution >= 4 is 182 Å². The number of nitrogens with zero attached hydrogens (tertiary/aromatic N) is 3. The second-order valence-electron chi connectivity index (χ2n) is 36.3. The van der Waals surface area contributed by atoms with Crippen molar-refractivity contribution in [2.24, 2.45) is 22.6 Å². The molecule has 0 spiro atoms. The molecule has 51 nitrogen and oxygen atoms in total. The molecule has 15 atom stereocenters. The lowest BCUT2D eigenvalue weighted by atomic mass is 9.85. The predicted octanol–water partition coefficient (Wildman–Crippen LogP) is -6.39. The average Bonchev–Trinajstić information content (AvgIpc) is 0.827. The molecule has 814 valence electrons. The fourth-order valence-electron chi connectivity index (χ4n) is 15.1. The van der Waals surface area contributed by atoms with Crippen molar-refractivity contribution in [2.75, 3.05) is 113 Å². The second-order valence-corrected chi connectivity index (χ2v) is 39.4. The number of nitrogens with one attached hydrogen (secondary N) is 14. The summed E-state index contributed by atoms with van der Waals surface area (Å²) in [6, 6.07) is -3.52. The smallest absolute Gasteiger partial charge is 0.305 e. The van der Waals surface area contributed by atoms with Crippen LogP contribution in [0.5, 0.6) is 5.75 Å². The third kappa shape index (κ3) is 42.1. The largest absolute Gasteiger partial charge is 0.508 e. The summed E-state index contributed by atoms with van der Waals surface area (Å²) in [4.78, 5) is 331. The van der Waals surface area contributed by atoms with Crippen LogP contribution in [0.2, 0.25) is 0 Å². The van der Waals surface area contributed by atoms with Gasteiger partial charge in [0.05, 0.1) is 82.2 Å². The van der Waals surface area contributed by atoms with Crippen molar-refractivity contribution in [3.8, 4) is 5.75 Å². The highest BCUT2D eigenvalue weighted by Gasteiger charge is 2.42. The summed E-state index contributed by atoms with van der Waals surface area (Å²) in [5, 5.41) is 85.9. The summed E-state index contributed by atoms with van der Waals surface area (Å²) in [6.45, 7) is 5.32. The number of rotatable bonds is 21. The number of fused-ring (bicyclic) bond motifs is 15. The maximum Gasteiger partial charge on any atom is 0.305 e. The first-order valence-electron chi connectivity index (χ1n) is 47.6. The molecule has 3 fully saturated rings. The molecule has 0 aliphatic carbocycles. The van der Waals surface area contributed by atoms with Crippen molar-refractivity contribution in [2.45, 2.75) is 196 Å². The summed E-state index contributed by atoms with van der Waals surface area (Å²) in [5.74, 6) is -31.5. The molecule has 25 N–H and O–H groups in total. The lowest BCUT2D eigenvalue weighted by Gasteiger charge is -2.33. The van der Waals surface area contributed by atoms with E-state index in [0.29, 0.717) is 28.1 Å². The van der Waals surface area contributed by atoms with Gasteiger partial charge in [-0.15, -0.1) is 35.3 Å². The van der Waals surface area contributed by atoms with Crippen LogP contribution in [0.15, 0.2) is 97.1 Å². The molecule has 4 aromatic rings. The van der Waals surface area contributed by atoms with E-state index in [4.69, 9.17) is 31.4 Å². The average molecular weight is 2140 g/mol. The molecule has 3 aliphatic heterocycles. The lowest BCUT2D eigenvalue weighted by Crippen LogP contribution is -2.62. The number of hydrogen-bond donors (Lipinski definition) is 22. The Morgan fingerprint density at radius 1 is 0.403 bits per heavy atom. The number of hydrogen-bond acceptors (Lipinski definition) is 31. The molecule has 54 heteroatoms. The highest BCUT2D eigenvalue weighted by Crippen LogP contribution is 2.25. The normalized spacial score (nSPS) is 24.5. The van der Waals surface area contributed by atoms with Gasteiger partial charge in [-0.05, 0) is 78.6 Å². The molecule has 4 aromatic carbocycles. The third-order valence-corrected chi connectivity index (χ3v) is 26.4. The van der Waals surface area contributed by atoms with E-state index in [-0.39, 0.29) is 95.8 Å². The lowest BCUT2D eigenvalue weighted by molar-refractivity contribution is -0.142. The highest BCUT2D eigenvalue weighted by atomic mass is 32.2. The van der Waals surface area contributed by atoms with Gasteiger partial charge in [0.25, 0.3) is 0 Å². The van der Waals surface area contributed by atoms with Crippen LogP contribution in [-0.2, 0) is 144 Å². The quantitative estimate of drug-likeness (QED) is 0.0369. The van der Waals surface area contributed by atoms with Crippen LogP contribution < -0.4 is 91.6 Å². The zero-order valence-corrected chi connectivity index (χ0v) is 85.3. The van der Waals surface area contributed by atoms with E-state index in [1.807, 2.05) is 0 Å². The molecule has 7 rings (SSSR count). The molecule has 3 aliphatic rings. The predicted molar refractivity (Wildman–Crippen MR) is 537 cm³/mol. The number of carbonyl (C=O) groups excluding carboxylic acids is 19. The van der Waals surface area contributed by atoms with Crippen LogP contribution in [0.25, 0.3) is 10.8 Å². The van der Waals surface area contributed by atoms with E-state index in [2.05, 4.69) is 74.4 Å². The maximum atomic E-state index is 15.4. The van der Waals surface area contributed by atoms with Gasteiger partial charge in [0.2, 0.25) is 112 Å². The molecular formula is C95H130N20O31S3. The number of phenols is 1. The molecular weight excluding hydrogens is 2010 g/mol. The van der Waals surface area contributed by atoms with E-state index < -0.39 is 331 Å². The van der Waals surface area contributed by atoms with Gasteiger partial charge in [0.1, 0.15) is 90.3 Å². The number of ether oxygens (including phenoxy) is 3. The number of aliphatic carboxylic acids is 4. The molecule has 3 saturated heterocycles. The Kier molecular flexibility index (Phi) is 49.6. The van der Waals surface area contributed by atoms with Crippen LogP contribution >= 0.6 is 35.3 Å². The van der Waals surface area contributed by atoms with Gasteiger partial charge < -0.3 is 146 Å². The summed E-state index contributed by atoms with van der Waals surface area (Å²) < 4.78 is 18.1. The number of amides is 19. The van der Waals surface area contributed by atoms with Crippen molar-refractivity contribution in [3.63, 3.8) is 0 Å². The zero-order chi connectivity index (χ0) is 110. The number of phenolic OH excluding ortho intramolecular Hbond substituents is 1. The molecule has 3 heterocycles. The first-order valence-corrected chi connectivity index (χ1v) is 51.0. The van der Waals surface area contributed by atoms with Crippen LogP contribution in [0, 0.1) is 5.41 Å². The van der Waals surface area contributed by atoms with E-state index in [1.54, 1.807) is 48.5 Å². The van der Waals surface area contributed by atoms with Crippen molar-refractivity contribution in [3.05, 3.63) is 114 Å². The molecule has 149 heavy (non-hydrogen) atoms. The first-order chi connectivity index (χ1) is 70.5. The van der Waals surface area contributed by atoms with Crippen molar-refractivity contribution in [1.29, 1.82) is 0 Å². The Balaban J connectivity index is 1.39. The van der Waals surface area contributed by atoms with Gasteiger partial charge in [-0.2, -0.15) is 0 Å². The fourth-order valence-corrected chi connectivity index (χ4v) is 17.9. The van der Waals surface area contributed by atoms with Gasteiger partial charge in [-0.3, -0.25) is 110 Å². The summed E-state index contributed by atoms with van der Waals surface area (Å²) >= 11 is 2.31. The minimum Gasteiger partial charge on any atom is -0.508 e. The Hall–Kier alpha value is -14.4. The number of nitrogens with two attached hydrogens (primary N) is 3. The van der Waals surface area contributed by atoms with Gasteiger partial charge in [-0.1, -0.05) is 106 Å². The van der Waals surface area contributed by atoms with Gasteiger partial charge in [-0.25, -0.2) is 0 Å². The van der Waals surface area contributed by atoms with Crippen LogP contribution in [-0.4, -0.2) is 380 Å². The van der Waals surface area contributed by atoms with Crippen LogP contribution in [0.4, 0.5) is 0 Å². The summed E-state index contributed by atoms with van der Waals surface area (Å²) in [7, 11) is 0. The number of aromatic hydroxyl groups is 1. The SMILES string of the molecule is C[C@H](N)C(=O)N[C@H]1CSCC(=O)N2CCOCCN3CCOCCN(CCOCC2)C(=O)CSC[C@@H](NC(=O)[C@@H](C)NC(=O)[C@H](Cc2cccc4ccccc24)NC(=O)[C@H](CCC(=O)O)NC(=O)[C@H](CC(N)=O)NC(=O)[C@@H](C)NC1=O)C(=O)N[C@@H](CCC(=O)O)C(=O)N[C@@H](CC(=O)O)C(=O)N[C@@H](Cc1ccccc1)C(=O)N[C@@H](Cc1ccc(O)cc1)C(=O)NC(CC(=O)O)C(=O)N[C@@H](C(C)(C)C)C(=O)N[C@H](C(N)=O)CSCC3=O. The van der Waals surface area contributed by atoms with Crippen molar-refractivity contribution < 1.29 is 150 Å². The van der Waals surface area contributed by atoms with Gasteiger partial charge in [0.15, 0.2) is 0 Å². The molecule has 19 amide bonds. The second kappa shape index (κ2) is 60.8. The number of carbonyl (C=O) groups is 23. The van der Waals surface area contributed by atoms with E-state index in [0.717, 1.165) is 37.4 Å².